The summed E-state index contributed by atoms with van der Waals surface area (Å²) in [5, 5.41) is 18.8. The Balaban J connectivity index is 0.000000299. The topological polar surface area (TPSA) is 64.0 Å². The van der Waals surface area contributed by atoms with Crippen molar-refractivity contribution < 1.29 is 15.0 Å². The SMILES string of the molecule is Cc1ccc(O)c(SN2CC(=O)N(C)C2)c1Cl.OC1CCC1. The molecule has 2 N–H and O–H groups in total. The van der Waals surface area contributed by atoms with Crippen LogP contribution in [0.15, 0.2) is 17.0 Å². The quantitative estimate of drug-likeness (QED) is 0.807. The number of carbonyl (C=O) groups is 1. The molecule has 122 valence electrons. The van der Waals surface area contributed by atoms with Crippen LogP contribution >= 0.6 is 23.5 Å². The Labute approximate surface area is 140 Å². The van der Waals surface area contributed by atoms with Gasteiger partial charge in [0.15, 0.2) is 0 Å². The number of aliphatic hydroxyl groups is 1. The number of aryl methyl sites for hydroxylation is 1. The average Bonchev–Trinajstić information content (AvgIpc) is 2.76. The fraction of sp³-hybridized carbons (Fsp3) is 0.533. The van der Waals surface area contributed by atoms with Crippen molar-refractivity contribution in [2.45, 2.75) is 37.2 Å². The fourth-order valence-electron chi connectivity index (χ4n) is 1.95. The second kappa shape index (κ2) is 7.55. The molecule has 0 radical (unpaired) electrons. The summed E-state index contributed by atoms with van der Waals surface area (Å²) in [5.74, 6) is 0.216. The molecule has 1 aliphatic carbocycles. The fourth-order valence-corrected chi connectivity index (χ4v) is 3.28. The zero-order chi connectivity index (χ0) is 16.3. The number of phenolic OH excluding ortho intramolecular Hbond substituents is 1. The van der Waals surface area contributed by atoms with E-state index in [1.165, 1.54) is 18.4 Å². The minimum Gasteiger partial charge on any atom is -0.507 e. The minimum absolute atomic E-state index is 0.0648. The number of aromatic hydroxyl groups is 1. The van der Waals surface area contributed by atoms with Gasteiger partial charge in [-0.15, -0.1) is 0 Å². The Morgan fingerprint density at radius 3 is 2.45 bits per heavy atom. The molecule has 0 aromatic heterocycles. The van der Waals surface area contributed by atoms with E-state index in [9.17, 15) is 9.90 Å². The average molecular weight is 345 g/mol. The molecule has 0 bridgehead atoms. The molecule has 1 aromatic carbocycles. The normalized spacial score (nSPS) is 18.9. The van der Waals surface area contributed by atoms with Gasteiger partial charge in [-0.1, -0.05) is 17.7 Å². The maximum Gasteiger partial charge on any atom is 0.238 e. The summed E-state index contributed by atoms with van der Waals surface area (Å²) in [7, 11) is 1.75. The monoisotopic (exact) mass is 344 g/mol. The third-order valence-corrected chi connectivity index (χ3v) is 5.37. The number of amides is 1. The Hall–Kier alpha value is -0.950. The molecule has 1 amide bonds. The van der Waals surface area contributed by atoms with E-state index >= 15 is 0 Å². The van der Waals surface area contributed by atoms with E-state index in [1.54, 1.807) is 24.1 Å². The first kappa shape index (κ1) is 17.4. The van der Waals surface area contributed by atoms with Crippen LogP contribution in [0.3, 0.4) is 0 Å². The molecule has 2 aliphatic rings. The van der Waals surface area contributed by atoms with Gasteiger partial charge in [-0.2, -0.15) is 0 Å². The highest BCUT2D eigenvalue weighted by Crippen LogP contribution is 2.39. The smallest absolute Gasteiger partial charge is 0.238 e. The summed E-state index contributed by atoms with van der Waals surface area (Å²) < 4.78 is 1.86. The molecule has 0 atom stereocenters. The molecule has 1 aromatic rings. The summed E-state index contributed by atoms with van der Waals surface area (Å²) in [6, 6.07) is 3.38. The first-order valence-corrected chi connectivity index (χ1v) is 8.36. The van der Waals surface area contributed by atoms with Gasteiger partial charge in [-0.25, -0.2) is 4.31 Å². The van der Waals surface area contributed by atoms with Gasteiger partial charge in [0.25, 0.3) is 0 Å². The van der Waals surface area contributed by atoms with E-state index in [2.05, 4.69) is 0 Å². The Bertz CT molecular complexity index is 552. The van der Waals surface area contributed by atoms with Crippen LogP contribution in [0.2, 0.25) is 5.02 Å². The van der Waals surface area contributed by atoms with E-state index < -0.39 is 0 Å². The second-order valence-electron chi connectivity index (χ2n) is 5.59. The van der Waals surface area contributed by atoms with Gasteiger partial charge in [0.05, 0.1) is 29.2 Å². The number of halogens is 1. The Kier molecular flexibility index (Phi) is 5.97. The van der Waals surface area contributed by atoms with E-state index in [0.29, 0.717) is 23.1 Å². The van der Waals surface area contributed by atoms with Crippen LogP contribution in [0, 0.1) is 6.92 Å². The van der Waals surface area contributed by atoms with Crippen molar-refractivity contribution in [3.8, 4) is 5.75 Å². The molecule has 1 saturated heterocycles. The highest BCUT2D eigenvalue weighted by molar-refractivity contribution is 7.97. The number of hydrogen-bond donors (Lipinski definition) is 2. The van der Waals surface area contributed by atoms with Crippen molar-refractivity contribution in [3.63, 3.8) is 0 Å². The zero-order valence-electron chi connectivity index (χ0n) is 12.8. The Morgan fingerprint density at radius 1 is 1.36 bits per heavy atom. The predicted octanol–water partition coefficient (Wildman–Crippen LogP) is 2.62. The van der Waals surface area contributed by atoms with Crippen molar-refractivity contribution >= 4 is 29.5 Å². The number of likely N-dealkylation sites (N-methyl/N-ethyl adjacent to an activating group) is 1. The number of carbonyl (C=O) groups excluding carboxylic acids is 1. The first-order chi connectivity index (χ1) is 10.4. The van der Waals surface area contributed by atoms with E-state index in [4.69, 9.17) is 16.7 Å². The van der Waals surface area contributed by atoms with Crippen LogP contribution < -0.4 is 0 Å². The number of hydrogen-bond acceptors (Lipinski definition) is 5. The zero-order valence-corrected chi connectivity index (χ0v) is 14.3. The summed E-state index contributed by atoms with van der Waals surface area (Å²) in [6.07, 6.45) is 3.39. The van der Waals surface area contributed by atoms with Crippen molar-refractivity contribution in [2.75, 3.05) is 20.3 Å². The van der Waals surface area contributed by atoms with Crippen molar-refractivity contribution in [2.24, 2.45) is 0 Å². The van der Waals surface area contributed by atoms with Gasteiger partial charge in [0, 0.05) is 7.05 Å². The molecule has 3 rings (SSSR count). The van der Waals surface area contributed by atoms with Crippen molar-refractivity contribution in [1.29, 1.82) is 0 Å². The molecule has 22 heavy (non-hydrogen) atoms. The van der Waals surface area contributed by atoms with E-state index in [0.717, 1.165) is 18.4 Å². The summed E-state index contributed by atoms with van der Waals surface area (Å²) in [4.78, 5) is 13.6. The molecule has 2 fully saturated rings. The molecule has 1 saturated carbocycles. The molecule has 5 nitrogen and oxygen atoms in total. The lowest BCUT2D eigenvalue weighted by Crippen LogP contribution is -2.20. The number of benzene rings is 1. The third kappa shape index (κ3) is 4.29. The van der Waals surface area contributed by atoms with Crippen LogP contribution in [0.25, 0.3) is 0 Å². The maximum atomic E-state index is 11.4. The highest BCUT2D eigenvalue weighted by atomic mass is 35.5. The summed E-state index contributed by atoms with van der Waals surface area (Å²) in [5.41, 5.74) is 0.908. The largest absolute Gasteiger partial charge is 0.507 e. The lowest BCUT2D eigenvalue weighted by Gasteiger charge is -2.17. The third-order valence-electron chi connectivity index (χ3n) is 3.67. The van der Waals surface area contributed by atoms with Crippen LogP contribution in [0.5, 0.6) is 5.75 Å². The van der Waals surface area contributed by atoms with Gasteiger partial charge >= 0.3 is 0 Å². The van der Waals surface area contributed by atoms with Gasteiger partial charge in [0.2, 0.25) is 5.91 Å². The standard InChI is InChI=1S/C11H13ClN2O2S.C4H8O/c1-7-3-4-8(15)11(10(7)12)17-14-5-9(16)13(2)6-14;5-4-2-1-3-4/h3-4,15H,5-6H2,1-2H3;4-5H,1-3H2. The molecule has 0 unspecified atom stereocenters. The molecule has 7 heteroatoms. The number of rotatable bonds is 2. The second-order valence-corrected chi connectivity index (χ2v) is 7.08. The highest BCUT2D eigenvalue weighted by Gasteiger charge is 2.26. The van der Waals surface area contributed by atoms with E-state index in [1.807, 2.05) is 11.2 Å². The van der Waals surface area contributed by atoms with Crippen LogP contribution in [0.1, 0.15) is 24.8 Å². The minimum atomic E-state index is 0.0648. The summed E-state index contributed by atoms with van der Waals surface area (Å²) >= 11 is 7.46. The molecular formula is C15H21ClN2O3S. The first-order valence-electron chi connectivity index (χ1n) is 7.21. The molecular weight excluding hydrogens is 324 g/mol. The van der Waals surface area contributed by atoms with Gasteiger partial charge in [-0.05, 0) is 49.8 Å². The Morgan fingerprint density at radius 2 is 2.00 bits per heavy atom. The van der Waals surface area contributed by atoms with E-state index in [-0.39, 0.29) is 17.8 Å². The maximum absolute atomic E-state index is 11.4. The molecule has 1 aliphatic heterocycles. The molecule has 1 heterocycles. The lowest BCUT2D eigenvalue weighted by atomic mass is 9.97. The number of aliphatic hydroxyl groups excluding tert-OH is 1. The predicted molar refractivity (Wildman–Crippen MR) is 87.9 cm³/mol. The van der Waals surface area contributed by atoms with Gasteiger partial charge in [-0.3, -0.25) is 4.79 Å². The number of phenols is 1. The van der Waals surface area contributed by atoms with Crippen molar-refractivity contribution in [3.05, 3.63) is 22.7 Å². The number of nitrogens with zero attached hydrogens (tertiary/aromatic N) is 2. The lowest BCUT2D eigenvalue weighted by molar-refractivity contribution is -0.125. The van der Waals surface area contributed by atoms with Crippen LogP contribution in [-0.2, 0) is 4.79 Å². The van der Waals surface area contributed by atoms with Crippen molar-refractivity contribution in [1.82, 2.24) is 9.21 Å². The van der Waals surface area contributed by atoms with Crippen LogP contribution in [-0.4, -0.2) is 51.7 Å². The van der Waals surface area contributed by atoms with Crippen LogP contribution in [0.4, 0.5) is 0 Å². The summed E-state index contributed by atoms with van der Waals surface area (Å²) in [6.45, 7) is 2.76. The molecule has 0 spiro atoms. The van der Waals surface area contributed by atoms with Gasteiger partial charge in [0.1, 0.15) is 5.75 Å². The van der Waals surface area contributed by atoms with Gasteiger partial charge < -0.3 is 15.1 Å².